The summed E-state index contributed by atoms with van der Waals surface area (Å²) < 4.78 is 15.0. The second-order valence-corrected chi connectivity index (χ2v) is 44.3. The SMILES string of the molecule is CC1(C)c2ccccc2-c2ccc(-c3cccc4c3sc3c(-c5cccc(-c6cccc(-c7ncnc8c7sc7ccccc78)c6)c5)cccc34)cc21.c1ccc(-c2ccc(-c3cccc4c3sc3c(-c5cccc(-c6cccc(-c7ncnc8c7sc7ccccc78)c6)c5)cccc34)cc2)cc1.c1ccc(-c2cccc3c2sc2c(-c4cccc(-c5cccc(-c6ncnc7c6sc6ccccc67)c5)c4)cccc23)cc1. The molecule has 0 unspecified atom stereocenters. The molecule has 1 aliphatic carbocycles. The summed E-state index contributed by atoms with van der Waals surface area (Å²) in [7, 11) is 0. The van der Waals surface area contributed by atoms with Gasteiger partial charge in [0.05, 0.1) is 47.7 Å². The van der Waals surface area contributed by atoms with Crippen molar-refractivity contribution in [2.24, 2.45) is 0 Å². The lowest BCUT2D eigenvalue weighted by atomic mass is 9.81. The Morgan fingerprint density at radius 3 is 0.741 bits per heavy atom. The first kappa shape index (κ1) is 87.7. The molecule has 0 fully saturated rings. The summed E-state index contributed by atoms with van der Waals surface area (Å²) in [5, 5.41) is 11.4. The normalized spacial score (nSPS) is 12.2. The Balaban J connectivity index is 0.000000107. The highest BCUT2D eigenvalue weighted by Gasteiger charge is 2.36. The first-order chi connectivity index (χ1) is 72.6. The van der Waals surface area contributed by atoms with E-state index in [9.17, 15) is 0 Å². The minimum atomic E-state index is -0.0344. The van der Waals surface area contributed by atoms with Crippen molar-refractivity contribution in [3.05, 3.63) is 485 Å². The monoisotopic (exact) mass is 1980 g/mol. The van der Waals surface area contributed by atoms with Gasteiger partial charge < -0.3 is 0 Å². The molecule has 29 aromatic rings. The van der Waals surface area contributed by atoms with E-state index >= 15 is 0 Å². The van der Waals surface area contributed by atoms with Gasteiger partial charge in [0, 0.05) is 113 Å². The zero-order valence-corrected chi connectivity index (χ0v) is 84.6. The second kappa shape index (κ2) is 36.4. The zero-order valence-electron chi connectivity index (χ0n) is 79.7. The van der Waals surface area contributed by atoms with E-state index in [0.717, 1.165) is 64.4 Å². The summed E-state index contributed by atoms with van der Waals surface area (Å²) in [6, 6.07) is 165. The van der Waals surface area contributed by atoms with Crippen molar-refractivity contribution >= 4 is 189 Å². The van der Waals surface area contributed by atoms with Gasteiger partial charge >= 0.3 is 0 Å². The van der Waals surface area contributed by atoms with E-state index in [2.05, 4.69) is 484 Å². The summed E-state index contributed by atoms with van der Waals surface area (Å²) in [5.41, 5.74) is 39.4. The average molecular weight is 1980 g/mol. The second-order valence-electron chi connectivity index (χ2n) is 38.1. The van der Waals surface area contributed by atoms with Crippen molar-refractivity contribution in [2.75, 3.05) is 0 Å². The minimum Gasteiger partial charge on any atom is -0.235 e. The van der Waals surface area contributed by atoms with E-state index in [4.69, 9.17) is 15.0 Å². The van der Waals surface area contributed by atoms with Crippen LogP contribution in [0.1, 0.15) is 25.0 Å². The van der Waals surface area contributed by atoms with Gasteiger partial charge in [0.25, 0.3) is 0 Å². The van der Waals surface area contributed by atoms with Gasteiger partial charge in [-0.05, 0) is 194 Å². The van der Waals surface area contributed by atoms with Gasteiger partial charge in [-0.3, -0.25) is 0 Å². The van der Waals surface area contributed by atoms with Crippen LogP contribution in [-0.2, 0) is 5.41 Å². The molecule has 12 heteroatoms. The number of aromatic nitrogens is 6. The highest BCUT2D eigenvalue weighted by molar-refractivity contribution is 7.29. The van der Waals surface area contributed by atoms with Gasteiger partial charge in [-0.15, -0.1) is 68.0 Å². The van der Waals surface area contributed by atoms with Crippen LogP contribution in [0.25, 0.3) is 278 Å². The minimum absolute atomic E-state index is 0.0344. The van der Waals surface area contributed by atoms with Crippen LogP contribution in [0.2, 0.25) is 0 Å². The van der Waals surface area contributed by atoms with Gasteiger partial charge in [-0.2, -0.15) is 0 Å². The summed E-state index contributed by atoms with van der Waals surface area (Å²) in [4.78, 5) is 28.3. The molecule has 9 aromatic heterocycles. The molecule has 0 spiro atoms. The molecule has 0 atom stereocenters. The van der Waals surface area contributed by atoms with E-state index in [1.165, 1.54) is 224 Å². The summed E-state index contributed by atoms with van der Waals surface area (Å²) >= 11 is 11.0. The topological polar surface area (TPSA) is 77.3 Å². The third-order valence-electron chi connectivity index (χ3n) is 29.3. The van der Waals surface area contributed by atoms with Crippen molar-refractivity contribution in [2.45, 2.75) is 19.3 Å². The van der Waals surface area contributed by atoms with E-state index in [0.29, 0.717) is 0 Å². The van der Waals surface area contributed by atoms with Crippen molar-refractivity contribution in [1.82, 2.24) is 29.9 Å². The molecule has 0 aliphatic heterocycles. The number of rotatable bonds is 13. The van der Waals surface area contributed by atoms with Crippen molar-refractivity contribution in [3.8, 4) is 156 Å². The summed E-state index contributed by atoms with van der Waals surface area (Å²) in [6.07, 6.45) is 5.09. The molecule has 0 saturated heterocycles. The predicted octanol–water partition coefficient (Wildman–Crippen LogP) is 39.6. The van der Waals surface area contributed by atoms with Crippen molar-refractivity contribution in [3.63, 3.8) is 0 Å². The maximum atomic E-state index is 4.79. The van der Waals surface area contributed by atoms with E-state index in [1.54, 1.807) is 53.0 Å². The van der Waals surface area contributed by atoms with Crippen molar-refractivity contribution in [1.29, 1.82) is 0 Å². The molecule has 30 rings (SSSR count). The first-order valence-electron chi connectivity index (χ1n) is 49.4. The van der Waals surface area contributed by atoms with Gasteiger partial charge in [0.15, 0.2) is 0 Å². The highest BCUT2D eigenvalue weighted by Crippen LogP contribution is 2.54. The Morgan fingerprint density at radius 1 is 0.150 bits per heavy atom. The fraction of sp³-hybridized carbons (Fsp3) is 0.0222. The highest BCUT2D eigenvalue weighted by atomic mass is 32.1. The third kappa shape index (κ3) is 15.4. The smallest absolute Gasteiger partial charge is 0.116 e. The molecule has 0 amide bonds. The Morgan fingerprint density at radius 2 is 0.381 bits per heavy atom. The van der Waals surface area contributed by atoms with Crippen LogP contribution >= 0.6 is 68.0 Å². The van der Waals surface area contributed by atoms with Crippen LogP contribution in [0.4, 0.5) is 0 Å². The molecule has 9 heterocycles. The van der Waals surface area contributed by atoms with Crippen LogP contribution in [0.15, 0.2) is 474 Å². The maximum Gasteiger partial charge on any atom is 0.116 e. The quantitative estimate of drug-likeness (QED) is 0.114. The molecule has 147 heavy (non-hydrogen) atoms. The molecule has 690 valence electrons. The van der Waals surface area contributed by atoms with E-state index < -0.39 is 0 Å². The molecular weight excluding hydrogens is 1900 g/mol. The zero-order chi connectivity index (χ0) is 97.3. The lowest BCUT2D eigenvalue weighted by Gasteiger charge is -2.22. The Bertz CT molecular complexity index is 10300. The number of hydrogen-bond donors (Lipinski definition) is 0. The standard InChI is InChI=1S/C49H32N2S2.C46H28N2S2.C40H24N2S2/c1-49(2)41-21-5-3-15-36(41)37-24-23-32(27-42(37)49)35-18-10-20-39-38-19-9-17-34(46(38)53-47(35)39)31-13-7-11-29(25-31)30-12-8-14-33(26-30)44-48-45(51-28-50-44)40-16-4-6-22-43(40)52-48;1-2-10-29(11-3-1)30-22-24-31(25-23-30)36-17-8-19-38-39-20-9-18-37(45(39)50-44(36)38)34-14-6-12-32(26-34)33-13-7-15-35(27-33)42-46-43(48-28-47-42)40-16-4-5-21-41(40)49-46;1-2-10-25(11-3-1)30-17-8-19-32-33-20-9-18-31(39(33)44-38(30)32)28-14-6-12-26(22-28)27-13-7-15-29(23-27)36-40-37(42-24-41-36)34-16-4-5-21-35(34)43-40/h3-28H,1-2H3;1-28H;1-24H. The molecule has 20 aromatic carbocycles. The summed E-state index contributed by atoms with van der Waals surface area (Å²) in [6.45, 7) is 4.72. The largest absolute Gasteiger partial charge is 0.235 e. The number of benzene rings is 20. The molecule has 1 aliphatic rings. The first-order valence-corrected chi connectivity index (χ1v) is 54.3. The molecule has 0 N–H and O–H groups in total. The fourth-order valence-corrected chi connectivity index (χ4v) is 29.7. The van der Waals surface area contributed by atoms with Gasteiger partial charge in [0.1, 0.15) is 19.0 Å². The van der Waals surface area contributed by atoms with Crippen LogP contribution in [-0.4, -0.2) is 29.9 Å². The maximum absolute atomic E-state index is 4.79. The van der Waals surface area contributed by atoms with Gasteiger partial charge in [0.2, 0.25) is 0 Å². The van der Waals surface area contributed by atoms with Crippen LogP contribution in [0, 0.1) is 0 Å². The van der Waals surface area contributed by atoms with E-state index in [1.807, 2.05) is 34.0 Å². The van der Waals surface area contributed by atoms with Crippen molar-refractivity contribution < 1.29 is 0 Å². The third-order valence-corrected chi connectivity index (χ3v) is 36.6. The lowest BCUT2D eigenvalue weighted by molar-refractivity contribution is 0.660. The number of hydrogen-bond acceptors (Lipinski definition) is 12. The number of fused-ring (bicyclic) bond motifs is 21. The molecule has 0 saturated carbocycles. The fourth-order valence-electron chi connectivity index (χ4n) is 22.1. The summed E-state index contributed by atoms with van der Waals surface area (Å²) in [5.74, 6) is 0. The Kier molecular flexibility index (Phi) is 21.7. The van der Waals surface area contributed by atoms with Crippen LogP contribution in [0.3, 0.4) is 0 Å². The average Bonchev–Trinajstić information content (AvgIpc) is 1.57. The Hall–Kier alpha value is -17.0. The van der Waals surface area contributed by atoms with E-state index in [-0.39, 0.29) is 5.41 Å². The molecule has 0 radical (unpaired) electrons. The predicted molar refractivity (Wildman–Crippen MR) is 632 cm³/mol. The van der Waals surface area contributed by atoms with Crippen LogP contribution < -0.4 is 0 Å². The van der Waals surface area contributed by atoms with Crippen LogP contribution in [0.5, 0.6) is 0 Å². The lowest BCUT2D eigenvalue weighted by Crippen LogP contribution is -2.14. The molecule has 0 bridgehead atoms. The van der Waals surface area contributed by atoms with Gasteiger partial charge in [-0.25, -0.2) is 29.9 Å². The number of thiophene rings is 6. The molecular formula is C135H84N6S6. The Labute approximate surface area is 872 Å². The molecule has 6 nitrogen and oxygen atoms in total. The van der Waals surface area contributed by atoms with Gasteiger partial charge in [-0.1, -0.05) is 408 Å². The number of nitrogens with zero attached hydrogens (tertiary/aromatic N) is 6.